The van der Waals surface area contributed by atoms with E-state index in [-0.39, 0.29) is 10.4 Å². The second-order valence-corrected chi connectivity index (χ2v) is 5.07. The van der Waals surface area contributed by atoms with Gasteiger partial charge < -0.3 is 5.32 Å². The first-order valence-corrected chi connectivity index (χ1v) is 6.67. The van der Waals surface area contributed by atoms with Crippen molar-refractivity contribution in [1.82, 2.24) is 5.32 Å². The minimum absolute atomic E-state index is 0.197. The van der Waals surface area contributed by atoms with E-state index in [1.54, 1.807) is 6.07 Å². The van der Waals surface area contributed by atoms with Crippen molar-refractivity contribution in [2.24, 2.45) is 5.92 Å². The van der Waals surface area contributed by atoms with Crippen molar-refractivity contribution in [3.8, 4) is 0 Å². The van der Waals surface area contributed by atoms with Crippen LogP contribution in [-0.4, -0.2) is 18.3 Å². The van der Waals surface area contributed by atoms with Gasteiger partial charge in [0.1, 0.15) is 5.82 Å². The topological polar surface area (TPSA) is 29.1 Å². The molecule has 1 N–H and O–H groups in total. The van der Waals surface area contributed by atoms with E-state index in [1.165, 1.54) is 12.1 Å². The molecule has 0 fully saturated rings. The van der Waals surface area contributed by atoms with Gasteiger partial charge in [-0.15, -0.1) is 11.6 Å². The van der Waals surface area contributed by atoms with Crippen LogP contribution in [0.15, 0.2) is 22.7 Å². The largest absolute Gasteiger partial charge is 0.352 e. The van der Waals surface area contributed by atoms with E-state index in [9.17, 15) is 9.18 Å². The van der Waals surface area contributed by atoms with Crippen molar-refractivity contribution in [2.45, 2.75) is 13.3 Å². The van der Waals surface area contributed by atoms with E-state index in [0.717, 1.165) is 6.42 Å². The Labute approximate surface area is 114 Å². The summed E-state index contributed by atoms with van der Waals surface area (Å²) < 4.78 is 13.4. The molecule has 0 saturated heterocycles. The molecule has 0 saturated carbocycles. The summed E-state index contributed by atoms with van der Waals surface area (Å²) in [6, 6.07) is 4.39. The first-order chi connectivity index (χ1) is 8.06. The number of hydrogen-bond acceptors (Lipinski definition) is 1. The average Bonchev–Trinajstić information content (AvgIpc) is 2.30. The van der Waals surface area contributed by atoms with Crippen LogP contribution in [0, 0.1) is 11.7 Å². The SMILES string of the molecule is CC(CCCl)CNC(=O)c1cccc(F)c1Br. The Morgan fingerprint density at radius 1 is 1.59 bits per heavy atom. The number of halogens is 3. The summed E-state index contributed by atoms with van der Waals surface area (Å²) in [6.07, 6.45) is 0.839. The van der Waals surface area contributed by atoms with Gasteiger partial charge in [-0.25, -0.2) is 4.39 Å². The van der Waals surface area contributed by atoms with Crippen molar-refractivity contribution < 1.29 is 9.18 Å². The van der Waals surface area contributed by atoms with Crippen molar-refractivity contribution in [3.63, 3.8) is 0 Å². The molecule has 1 unspecified atom stereocenters. The Hall–Kier alpha value is -0.610. The third kappa shape index (κ3) is 4.28. The number of benzene rings is 1. The number of rotatable bonds is 5. The highest BCUT2D eigenvalue weighted by molar-refractivity contribution is 9.10. The molecule has 1 rings (SSSR count). The maximum atomic E-state index is 13.2. The monoisotopic (exact) mass is 321 g/mol. The normalized spacial score (nSPS) is 12.2. The third-order valence-corrected chi connectivity index (χ3v) is 3.43. The zero-order valence-corrected chi connectivity index (χ0v) is 11.8. The van der Waals surface area contributed by atoms with Gasteiger partial charge in [0.15, 0.2) is 0 Å². The van der Waals surface area contributed by atoms with Gasteiger partial charge in [-0.2, -0.15) is 0 Å². The van der Waals surface area contributed by atoms with Crippen LogP contribution in [0.4, 0.5) is 4.39 Å². The van der Waals surface area contributed by atoms with Crippen molar-refractivity contribution in [3.05, 3.63) is 34.1 Å². The molecular formula is C12H14BrClFNO. The number of alkyl halides is 1. The fourth-order valence-electron chi connectivity index (χ4n) is 1.33. The van der Waals surface area contributed by atoms with E-state index in [4.69, 9.17) is 11.6 Å². The summed E-state index contributed by atoms with van der Waals surface area (Å²) >= 11 is 8.67. The highest BCUT2D eigenvalue weighted by Crippen LogP contribution is 2.20. The molecule has 1 aromatic carbocycles. The third-order valence-electron chi connectivity index (χ3n) is 2.41. The van der Waals surface area contributed by atoms with Crippen LogP contribution >= 0.6 is 27.5 Å². The molecule has 0 spiro atoms. The molecule has 0 aliphatic rings. The zero-order chi connectivity index (χ0) is 12.8. The van der Waals surface area contributed by atoms with Crippen LogP contribution in [0.25, 0.3) is 0 Å². The molecule has 5 heteroatoms. The predicted molar refractivity (Wildman–Crippen MR) is 70.9 cm³/mol. The van der Waals surface area contributed by atoms with Crippen LogP contribution in [0.1, 0.15) is 23.7 Å². The van der Waals surface area contributed by atoms with Crippen molar-refractivity contribution in [2.75, 3.05) is 12.4 Å². The van der Waals surface area contributed by atoms with Gasteiger partial charge in [0.05, 0.1) is 10.0 Å². The maximum absolute atomic E-state index is 13.2. The van der Waals surface area contributed by atoms with Crippen LogP contribution in [0.2, 0.25) is 0 Å². The Kier molecular flexibility index (Phi) is 5.92. The lowest BCUT2D eigenvalue weighted by molar-refractivity contribution is 0.0946. The molecule has 0 bridgehead atoms. The van der Waals surface area contributed by atoms with Crippen molar-refractivity contribution in [1.29, 1.82) is 0 Å². The maximum Gasteiger partial charge on any atom is 0.252 e. The lowest BCUT2D eigenvalue weighted by atomic mass is 10.1. The summed E-state index contributed by atoms with van der Waals surface area (Å²) in [5.41, 5.74) is 0.308. The first kappa shape index (κ1) is 14.5. The highest BCUT2D eigenvalue weighted by atomic mass is 79.9. The minimum atomic E-state index is -0.438. The van der Waals surface area contributed by atoms with Crippen molar-refractivity contribution >= 4 is 33.4 Å². The van der Waals surface area contributed by atoms with E-state index < -0.39 is 5.82 Å². The molecule has 0 aliphatic heterocycles. The molecule has 0 aromatic heterocycles. The quantitative estimate of drug-likeness (QED) is 0.825. The Morgan fingerprint density at radius 2 is 2.29 bits per heavy atom. The van der Waals surface area contributed by atoms with Gasteiger partial charge in [-0.3, -0.25) is 4.79 Å². The summed E-state index contributed by atoms with van der Waals surface area (Å²) in [5, 5.41) is 2.76. The fourth-order valence-corrected chi connectivity index (χ4v) is 2.15. The molecule has 1 aromatic rings. The second kappa shape index (κ2) is 6.97. The molecule has 0 heterocycles. The van der Waals surface area contributed by atoms with Gasteiger partial charge in [-0.1, -0.05) is 13.0 Å². The Balaban J connectivity index is 2.61. The number of hydrogen-bond donors (Lipinski definition) is 1. The predicted octanol–water partition coefficient (Wildman–Crippen LogP) is 3.58. The molecule has 1 atom stereocenters. The van der Waals surface area contributed by atoms with E-state index in [0.29, 0.717) is 23.9 Å². The highest BCUT2D eigenvalue weighted by Gasteiger charge is 2.13. The molecule has 17 heavy (non-hydrogen) atoms. The smallest absolute Gasteiger partial charge is 0.252 e. The molecular weight excluding hydrogens is 308 g/mol. The number of nitrogens with one attached hydrogen (secondary N) is 1. The zero-order valence-electron chi connectivity index (χ0n) is 9.47. The Morgan fingerprint density at radius 3 is 2.94 bits per heavy atom. The van der Waals surface area contributed by atoms with Gasteiger partial charge in [0.2, 0.25) is 0 Å². The van der Waals surface area contributed by atoms with Gasteiger partial charge in [0, 0.05) is 12.4 Å². The van der Waals surface area contributed by atoms with Crippen LogP contribution in [-0.2, 0) is 0 Å². The molecule has 0 aliphatic carbocycles. The molecule has 0 radical (unpaired) electrons. The number of carbonyl (C=O) groups excluding carboxylic acids is 1. The van der Waals surface area contributed by atoms with Crippen LogP contribution < -0.4 is 5.32 Å². The van der Waals surface area contributed by atoms with E-state index in [1.807, 2.05) is 6.92 Å². The van der Waals surface area contributed by atoms with Gasteiger partial charge >= 0.3 is 0 Å². The first-order valence-electron chi connectivity index (χ1n) is 5.34. The fraction of sp³-hybridized carbons (Fsp3) is 0.417. The summed E-state index contributed by atoms with van der Waals surface area (Å²) in [4.78, 5) is 11.8. The summed E-state index contributed by atoms with van der Waals surface area (Å²) in [7, 11) is 0. The minimum Gasteiger partial charge on any atom is -0.352 e. The molecule has 2 nitrogen and oxygen atoms in total. The lowest BCUT2D eigenvalue weighted by Gasteiger charge is -2.11. The van der Waals surface area contributed by atoms with E-state index >= 15 is 0 Å². The summed E-state index contributed by atoms with van der Waals surface area (Å²) in [6.45, 7) is 2.54. The van der Waals surface area contributed by atoms with E-state index in [2.05, 4.69) is 21.2 Å². The lowest BCUT2D eigenvalue weighted by Crippen LogP contribution is -2.28. The average molecular weight is 323 g/mol. The second-order valence-electron chi connectivity index (χ2n) is 3.89. The molecule has 94 valence electrons. The number of carbonyl (C=O) groups is 1. The Bertz CT molecular complexity index is 400. The molecule has 1 amide bonds. The van der Waals surface area contributed by atoms with Gasteiger partial charge in [-0.05, 0) is 40.4 Å². The van der Waals surface area contributed by atoms with Crippen LogP contribution in [0.5, 0.6) is 0 Å². The standard InChI is InChI=1S/C12H14BrClFNO/c1-8(5-6-14)7-16-12(17)9-3-2-4-10(15)11(9)13/h2-4,8H,5-7H2,1H3,(H,16,17). The number of amides is 1. The van der Waals surface area contributed by atoms with Gasteiger partial charge in [0.25, 0.3) is 5.91 Å². The summed E-state index contributed by atoms with van der Waals surface area (Å²) in [5.74, 6) is 0.161. The van der Waals surface area contributed by atoms with Crippen LogP contribution in [0.3, 0.4) is 0 Å².